The molecular formula is C13H12N2S. The van der Waals surface area contributed by atoms with Crippen molar-refractivity contribution in [2.75, 3.05) is 5.32 Å². The molecule has 1 atom stereocenters. The van der Waals surface area contributed by atoms with E-state index in [0.29, 0.717) is 0 Å². The lowest BCUT2D eigenvalue weighted by molar-refractivity contribution is 0.891. The number of nitrogens with one attached hydrogen (secondary N) is 1. The standard InChI is InChI=1S/C13H12N2S/c1-9-6-12(16-7-9)13-10-4-2-3-5-11(10)14-8-15-13/h2-8,13H,1H3,(H,14,15). The van der Waals surface area contributed by atoms with Gasteiger partial charge in [-0.05, 0) is 30.0 Å². The van der Waals surface area contributed by atoms with E-state index in [2.05, 4.69) is 46.9 Å². The number of benzene rings is 1. The number of aryl methyl sites for hydroxylation is 1. The van der Waals surface area contributed by atoms with E-state index in [1.165, 1.54) is 16.0 Å². The zero-order chi connectivity index (χ0) is 11.0. The molecule has 0 fully saturated rings. The summed E-state index contributed by atoms with van der Waals surface area (Å²) in [4.78, 5) is 5.84. The second-order valence-corrected chi connectivity index (χ2v) is 4.88. The maximum atomic E-state index is 4.53. The minimum Gasteiger partial charge on any atom is -0.346 e. The molecule has 0 bridgehead atoms. The molecule has 1 aromatic heterocycles. The van der Waals surface area contributed by atoms with E-state index in [1.54, 1.807) is 17.7 Å². The van der Waals surface area contributed by atoms with Crippen LogP contribution in [0.25, 0.3) is 0 Å². The molecule has 0 saturated carbocycles. The van der Waals surface area contributed by atoms with Gasteiger partial charge >= 0.3 is 0 Å². The molecule has 0 saturated heterocycles. The first-order valence-corrected chi connectivity index (χ1v) is 6.15. The Labute approximate surface area is 98.7 Å². The van der Waals surface area contributed by atoms with Crippen molar-refractivity contribution in [3.8, 4) is 0 Å². The first kappa shape index (κ1) is 9.60. The van der Waals surface area contributed by atoms with Crippen LogP contribution in [-0.2, 0) is 0 Å². The minimum absolute atomic E-state index is 0.163. The van der Waals surface area contributed by atoms with Crippen LogP contribution in [0.4, 0.5) is 5.69 Å². The van der Waals surface area contributed by atoms with E-state index in [4.69, 9.17) is 0 Å². The van der Waals surface area contributed by atoms with E-state index in [9.17, 15) is 0 Å². The maximum Gasteiger partial charge on any atom is 0.113 e. The molecule has 80 valence electrons. The van der Waals surface area contributed by atoms with Crippen molar-refractivity contribution in [1.29, 1.82) is 0 Å². The summed E-state index contributed by atoms with van der Waals surface area (Å²) in [5.74, 6) is 0. The summed E-state index contributed by atoms with van der Waals surface area (Å²) < 4.78 is 0. The van der Waals surface area contributed by atoms with Crippen molar-refractivity contribution >= 4 is 23.4 Å². The highest BCUT2D eigenvalue weighted by Gasteiger charge is 2.19. The van der Waals surface area contributed by atoms with Gasteiger partial charge in [0.25, 0.3) is 0 Å². The third-order valence-electron chi connectivity index (χ3n) is 2.72. The highest BCUT2D eigenvalue weighted by Crippen LogP contribution is 2.36. The maximum absolute atomic E-state index is 4.53. The number of aliphatic imine (C=N–C) groups is 1. The Kier molecular flexibility index (Phi) is 2.26. The van der Waals surface area contributed by atoms with Crippen LogP contribution >= 0.6 is 11.3 Å². The molecular weight excluding hydrogens is 216 g/mol. The van der Waals surface area contributed by atoms with Crippen LogP contribution in [0.15, 0.2) is 40.7 Å². The van der Waals surface area contributed by atoms with Crippen LogP contribution in [-0.4, -0.2) is 6.34 Å². The summed E-state index contributed by atoms with van der Waals surface area (Å²) in [6, 6.07) is 10.7. The zero-order valence-electron chi connectivity index (χ0n) is 8.97. The van der Waals surface area contributed by atoms with Crippen LogP contribution in [0, 0.1) is 6.92 Å². The Morgan fingerprint density at radius 1 is 1.31 bits per heavy atom. The quantitative estimate of drug-likeness (QED) is 0.792. The Bertz CT molecular complexity index is 542. The average molecular weight is 228 g/mol. The number of hydrogen-bond donors (Lipinski definition) is 1. The third kappa shape index (κ3) is 1.53. The first-order chi connectivity index (χ1) is 7.84. The first-order valence-electron chi connectivity index (χ1n) is 5.27. The second kappa shape index (κ2) is 3.76. The summed E-state index contributed by atoms with van der Waals surface area (Å²) in [6.07, 6.45) is 1.79. The molecule has 2 heterocycles. The van der Waals surface area contributed by atoms with E-state index in [-0.39, 0.29) is 6.04 Å². The van der Waals surface area contributed by atoms with Gasteiger partial charge < -0.3 is 5.32 Å². The van der Waals surface area contributed by atoms with Gasteiger partial charge in [0.2, 0.25) is 0 Å². The SMILES string of the molecule is Cc1csc(C2N=CNc3ccccc32)c1. The fourth-order valence-corrected chi connectivity index (χ4v) is 2.91. The molecule has 1 aromatic carbocycles. The number of nitrogens with zero attached hydrogens (tertiary/aromatic N) is 1. The predicted octanol–water partition coefficient (Wildman–Crippen LogP) is 3.60. The Morgan fingerprint density at radius 3 is 3.00 bits per heavy atom. The molecule has 1 aliphatic heterocycles. The zero-order valence-corrected chi connectivity index (χ0v) is 9.79. The van der Waals surface area contributed by atoms with Crippen molar-refractivity contribution in [3.63, 3.8) is 0 Å². The average Bonchev–Trinajstić information content (AvgIpc) is 2.75. The van der Waals surface area contributed by atoms with Crippen molar-refractivity contribution in [3.05, 3.63) is 51.7 Å². The highest BCUT2D eigenvalue weighted by atomic mass is 32.1. The Hall–Kier alpha value is -1.61. The van der Waals surface area contributed by atoms with Crippen molar-refractivity contribution in [2.24, 2.45) is 4.99 Å². The van der Waals surface area contributed by atoms with Gasteiger partial charge in [0.15, 0.2) is 0 Å². The lowest BCUT2D eigenvalue weighted by atomic mass is 10.0. The Balaban J connectivity index is 2.08. The predicted molar refractivity (Wildman–Crippen MR) is 69.5 cm³/mol. The van der Waals surface area contributed by atoms with E-state index >= 15 is 0 Å². The van der Waals surface area contributed by atoms with Crippen LogP contribution in [0.5, 0.6) is 0 Å². The minimum atomic E-state index is 0.163. The van der Waals surface area contributed by atoms with Crippen LogP contribution in [0.1, 0.15) is 22.0 Å². The molecule has 3 heteroatoms. The molecule has 1 N–H and O–H groups in total. The van der Waals surface area contributed by atoms with Gasteiger partial charge in [0, 0.05) is 16.1 Å². The number of rotatable bonds is 1. The highest BCUT2D eigenvalue weighted by molar-refractivity contribution is 7.10. The smallest absolute Gasteiger partial charge is 0.113 e. The number of thiophene rings is 1. The van der Waals surface area contributed by atoms with Gasteiger partial charge in [-0.25, -0.2) is 0 Å². The van der Waals surface area contributed by atoms with Gasteiger partial charge in [-0.2, -0.15) is 0 Å². The van der Waals surface area contributed by atoms with E-state index < -0.39 is 0 Å². The summed E-state index contributed by atoms with van der Waals surface area (Å²) in [5.41, 5.74) is 3.73. The molecule has 3 rings (SSSR count). The fourth-order valence-electron chi connectivity index (χ4n) is 1.95. The van der Waals surface area contributed by atoms with Crippen LogP contribution in [0.3, 0.4) is 0 Å². The normalized spacial score (nSPS) is 17.9. The second-order valence-electron chi connectivity index (χ2n) is 3.94. The molecule has 0 spiro atoms. The lowest BCUT2D eigenvalue weighted by Crippen LogP contribution is -2.10. The third-order valence-corrected chi connectivity index (χ3v) is 3.82. The van der Waals surface area contributed by atoms with Crippen molar-refractivity contribution in [1.82, 2.24) is 0 Å². The van der Waals surface area contributed by atoms with Crippen molar-refractivity contribution < 1.29 is 0 Å². The topological polar surface area (TPSA) is 24.4 Å². The van der Waals surface area contributed by atoms with Gasteiger partial charge in [-0.3, -0.25) is 4.99 Å². The lowest BCUT2D eigenvalue weighted by Gasteiger charge is -2.19. The molecule has 1 aliphatic rings. The van der Waals surface area contributed by atoms with Gasteiger partial charge in [-0.15, -0.1) is 11.3 Å². The summed E-state index contributed by atoms with van der Waals surface area (Å²) in [7, 11) is 0. The molecule has 2 nitrogen and oxygen atoms in total. The number of hydrogen-bond acceptors (Lipinski definition) is 3. The molecule has 16 heavy (non-hydrogen) atoms. The molecule has 0 amide bonds. The number of anilines is 1. The van der Waals surface area contributed by atoms with Gasteiger partial charge in [-0.1, -0.05) is 18.2 Å². The van der Waals surface area contributed by atoms with E-state index in [0.717, 1.165) is 5.69 Å². The van der Waals surface area contributed by atoms with E-state index in [1.807, 2.05) is 6.07 Å². The molecule has 2 aromatic rings. The monoisotopic (exact) mass is 228 g/mol. The summed E-state index contributed by atoms with van der Waals surface area (Å²) >= 11 is 1.78. The Morgan fingerprint density at radius 2 is 2.19 bits per heavy atom. The molecule has 1 unspecified atom stereocenters. The van der Waals surface area contributed by atoms with Gasteiger partial charge in [0.05, 0.1) is 6.34 Å². The van der Waals surface area contributed by atoms with Gasteiger partial charge in [0.1, 0.15) is 6.04 Å². The van der Waals surface area contributed by atoms with Crippen molar-refractivity contribution in [2.45, 2.75) is 13.0 Å². The summed E-state index contributed by atoms with van der Waals surface area (Å²) in [5, 5.41) is 5.36. The number of fused-ring (bicyclic) bond motifs is 1. The number of para-hydroxylation sites is 1. The van der Waals surface area contributed by atoms with Crippen LogP contribution < -0.4 is 5.32 Å². The van der Waals surface area contributed by atoms with Crippen LogP contribution in [0.2, 0.25) is 0 Å². The largest absolute Gasteiger partial charge is 0.346 e. The molecule has 0 radical (unpaired) electrons. The summed E-state index contributed by atoms with van der Waals surface area (Å²) in [6.45, 7) is 2.12. The fraction of sp³-hybridized carbons (Fsp3) is 0.154. The molecule has 0 aliphatic carbocycles.